The van der Waals surface area contributed by atoms with Gasteiger partial charge in [0.25, 0.3) is 5.91 Å². The summed E-state index contributed by atoms with van der Waals surface area (Å²) in [5, 5.41) is 7.15. The number of aryl methyl sites for hydroxylation is 1. The van der Waals surface area contributed by atoms with Crippen molar-refractivity contribution >= 4 is 23.5 Å². The van der Waals surface area contributed by atoms with E-state index in [2.05, 4.69) is 10.5 Å². The molecule has 1 heterocycles. The summed E-state index contributed by atoms with van der Waals surface area (Å²) in [6, 6.07) is 7.42. The van der Waals surface area contributed by atoms with E-state index in [0.29, 0.717) is 35.0 Å². The topological polar surface area (TPSA) is 81.4 Å². The minimum Gasteiger partial charge on any atom is -0.452 e. The molecule has 0 aliphatic heterocycles. The van der Waals surface area contributed by atoms with E-state index in [9.17, 15) is 9.59 Å². The van der Waals surface area contributed by atoms with Gasteiger partial charge >= 0.3 is 5.97 Å². The number of carbonyl (C=O) groups is 2. The van der Waals surface area contributed by atoms with Crippen molar-refractivity contribution in [1.29, 1.82) is 0 Å². The normalized spacial score (nSPS) is 10.8. The highest BCUT2D eigenvalue weighted by molar-refractivity contribution is 6.30. The molecule has 25 heavy (non-hydrogen) atoms. The van der Waals surface area contributed by atoms with Crippen LogP contribution < -0.4 is 5.32 Å². The Morgan fingerprint density at radius 3 is 2.80 bits per heavy atom. The van der Waals surface area contributed by atoms with Gasteiger partial charge < -0.3 is 14.6 Å². The zero-order valence-corrected chi connectivity index (χ0v) is 15.2. The predicted molar refractivity (Wildman–Crippen MR) is 93.8 cm³/mol. The lowest BCUT2D eigenvalue weighted by Gasteiger charge is -2.08. The van der Waals surface area contributed by atoms with Crippen LogP contribution in [0.5, 0.6) is 0 Å². The first-order valence-electron chi connectivity index (χ1n) is 8.03. The molecule has 6 nitrogen and oxygen atoms in total. The second kappa shape index (κ2) is 8.67. The third kappa shape index (κ3) is 5.32. The Kier molecular flexibility index (Phi) is 6.58. The molecule has 0 unspecified atom stereocenters. The number of aromatic nitrogens is 1. The van der Waals surface area contributed by atoms with E-state index in [1.165, 1.54) is 0 Å². The van der Waals surface area contributed by atoms with Gasteiger partial charge in [0.1, 0.15) is 5.56 Å². The molecule has 1 aromatic carbocycles. The molecule has 0 fully saturated rings. The van der Waals surface area contributed by atoms with Gasteiger partial charge in [0.15, 0.2) is 12.4 Å². The third-order valence-corrected chi connectivity index (χ3v) is 3.81. The summed E-state index contributed by atoms with van der Waals surface area (Å²) in [6.45, 7) is 5.52. The van der Waals surface area contributed by atoms with Crippen LogP contribution in [0, 0.1) is 6.92 Å². The molecule has 2 aromatic rings. The Hall–Kier alpha value is -2.34. The van der Waals surface area contributed by atoms with Gasteiger partial charge in [0.2, 0.25) is 0 Å². The lowest BCUT2D eigenvalue weighted by molar-refractivity contribution is -0.124. The van der Waals surface area contributed by atoms with Gasteiger partial charge in [-0.1, -0.05) is 42.7 Å². The molecule has 1 aromatic heterocycles. The molecule has 2 rings (SSSR count). The number of nitrogens with zero attached hydrogens (tertiary/aromatic N) is 1. The predicted octanol–water partition coefficient (Wildman–Crippen LogP) is 3.28. The van der Waals surface area contributed by atoms with Gasteiger partial charge in [0, 0.05) is 17.5 Å². The van der Waals surface area contributed by atoms with Gasteiger partial charge in [-0.2, -0.15) is 0 Å². The average Bonchev–Trinajstić information content (AvgIpc) is 2.95. The van der Waals surface area contributed by atoms with Crippen LogP contribution in [0.4, 0.5) is 0 Å². The number of nitrogens with one attached hydrogen (secondary N) is 1. The number of hydrogen-bond donors (Lipinski definition) is 1. The fourth-order valence-corrected chi connectivity index (χ4v) is 2.54. The number of benzene rings is 1. The van der Waals surface area contributed by atoms with Crippen LogP contribution in [0.15, 0.2) is 28.8 Å². The number of esters is 1. The maximum Gasteiger partial charge on any atom is 0.344 e. The summed E-state index contributed by atoms with van der Waals surface area (Å²) in [5.41, 5.74) is 1.77. The van der Waals surface area contributed by atoms with Crippen molar-refractivity contribution in [3.8, 4) is 0 Å². The Balaban J connectivity index is 1.80. The molecule has 7 heteroatoms. The summed E-state index contributed by atoms with van der Waals surface area (Å²) in [7, 11) is 0. The van der Waals surface area contributed by atoms with E-state index >= 15 is 0 Å². The van der Waals surface area contributed by atoms with Crippen LogP contribution in [-0.2, 0) is 16.0 Å². The third-order valence-electron chi connectivity index (χ3n) is 3.58. The van der Waals surface area contributed by atoms with E-state index in [-0.39, 0.29) is 18.4 Å². The zero-order valence-electron chi connectivity index (χ0n) is 14.5. The highest BCUT2D eigenvalue weighted by Crippen LogP contribution is 2.22. The van der Waals surface area contributed by atoms with Crippen LogP contribution in [-0.4, -0.2) is 30.2 Å². The lowest BCUT2D eigenvalue weighted by Crippen LogP contribution is -2.30. The van der Waals surface area contributed by atoms with Crippen LogP contribution in [0.1, 0.15) is 47.1 Å². The van der Waals surface area contributed by atoms with E-state index in [4.69, 9.17) is 20.9 Å². The average molecular weight is 365 g/mol. The molecule has 0 aliphatic carbocycles. The molecule has 1 amide bonds. The maximum absolute atomic E-state index is 12.2. The monoisotopic (exact) mass is 364 g/mol. The molecule has 0 aliphatic rings. The van der Waals surface area contributed by atoms with E-state index in [0.717, 1.165) is 5.56 Å². The Bertz CT molecular complexity index is 755. The summed E-state index contributed by atoms with van der Waals surface area (Å²) in [6.07, 6.45) is 0.641. The zero-order chi connectivity index (χ0) is 18.4. The number of hydrogen-bond acceptors (Lipinski definition) is 5. The van der Waals surface area contributed by atoms with Gasteiger partial charge in [0.05, 0.1) is 5.69 Å². The first-order valence-corrected chi connectivity index (χ1v) is 8.40. The van der Waals surface area contributed by atoms with Crippen LogP contribution >= 0.6 is 11.6 Å². The minimum atomic E-state index is -0.604. The summed E-state index contributed by atoms with van der Waals surface area (Å²) < 4.78 is 10.2. The highest BCUT2D eigenvalue weighted by Gasteiger charge is 2.24. The molecule has 0 spiro atoms. The van der Waals surface area contributed by atoms with E-state index < -0.39 is 5.97 Å². The molecule has 0 bridgehead atoms. The number of carbonyl (C=O) groups excluding carboxylic acids is 2. The summed E-state index contributed by atoms with van der Waals surface area (Å²) in [5.74, 6) is -0.512. The smallest absolute Gasteiger partial charge is 0.344 e. The minimum absolute atomic E-state index is 0.00438. The van der Waals surface area contributed by atoms with Crippen molar-refractivity contribution in [3.05, 3.63) is 51.9 Å². The van der Waals surface area contributed by atoms with Crippen molar-refractivity contribution in [1.82, 2.24) is 10.5 Å². The van der Waals surface area contributed by atoms with Gasteiger partial charge in [-0.25, -0.2) is 4.79 Å². The maximum atomic E-state index is 12.2. The van der Waals surface area contributed by atoms with Crippen LogP contribution in [0.3, 0.4) is 0 Å². The first kappa shape index (κ1) is 19.0. The molecule has 1 N–H and O–H groups in total. The second-order valence-corrected chi connectivity index (χ2v) is 6.40. The van der Waals surface area contributed by atoms with Gasteiger partial charge in [-0.3, -0.25) is 4.79 Å². The van der Waals surface area contributed by atoms with Crippen molar-refractivity contribution in [2.45, 2.75) is 33.1 Å². The number of rotatable bonds is 7. The lowest BCUT2D eigenvalue weighted by atomic mass is 10.1. The molecule has 0 saturated carbocycles. The molecule has 0 saturated heterocycles. The standard InChI is InChI=1S/C18H21ClN2O4/c1-11(2)17-16(12(3)21-25-17)18(23)24-10-15(22)20-8-7-13-5-4-6-14(19)9-13/h4-6,9,11H,7-8,10H2,1-3H3,(H,20,22). The second-order valence-electron chi connectivity index (χ2n) is 5.97. The largest absolute Gasteiger partial charge is 0.452 e. The Morgan fingerprint density at radius 2 is 2.12 bits per heavy atom. The van der Waals surface area contributed by atoms with Crippen molar-refractivity contribution in [2.75, 3.05) is 13.2 Å². The van der Waals surface area contributed by atoms with E-state index in [1.54, 1.807) is 13.0 Å². The Labute approximate surface area is 151 Å². The van der Waals surface area contributed by atoms with Crippen molar-refractivity contribution < 1.29 is 18.8 Å². The van der Waals surface area contributed by atoms with Crippen molar-refractivity contribution in [2.24, 2.45) is 0 Å². The molecule has 0 atom stereocenters. The number of amides is 1. The van der Waals surface area contributed by atoms with Gasteiger partial charge in [-0.15, -0.1) is 0 Å². The first-order chi connectivity index (χ1) is 11.9. The summed E-state index contributed by atoms with van der Waals surface area (Å²) >= 11 is 5.91. The summed E-state index contributed by atoms with van der Waals surface area (Å²) in [4.78, 5) is 24.0. The van der Waals surface area contributed by atoms with Gasteiger partial charge in [-0.05, 0) is 31.0 Å². The Morgan fingerprint density at radius 1 is 1.36 bits per heavy atom. The quantitative estimate of drug-likeness (QED) is 0.762. The molecule has 134 valence electrons. The molecular formula is C18H21ClN2O4. The number of halogens is 1. The van der Waals surface area contributed by atoms with E-state index in [1.807, 2.05) is 32.0 Å². The van der Waals surface area contributed by atoms with Crippen molar-refractivity contribution in [3.63, 3.8) is 0 Å². The van der Waals surface area contributed by atoms with Crippen LogP contribution in [0.25, 0.3) is 0 Å². The molecular weight excluding hydrogens is 344 g/mol. The SMILES string of the molecule is Cc1noc(C(C)C)c1C(=O)OCC(=O)NCCc1cccc(Cl)c1. The van der Waals surface area contributed by atoms with Crippen LogP contribution in [0.2, 0.25) is 5.02 Å². The fraction of sp³-hybridized carbons (Fsp3) is 0.389. The molecule has 0 radical (unpaired) electrons. The number of ether oxygens (including phenoxy) is 1. The fourth-order valence-electron chi connectivity index (χ4n) is 2.32. The highest BCUT2D eigenvalue weighted by atomic mass is 35.5.